The van der Waals surface area contributed by atoms with Crippen molar-refractivity contribution in [1.29, 1.82) is 0 Å². The first-order valence-electron chi connectivity index (χ1n) is 5.93. The summed E-state index contributed by atoms with van der Waals surface area (Å²) < 4.78 is 0. The predicted molar refractivity (Wildman–Crippen MR) is 81.3 cm³/mol. The lowest BCUT2D eigenvalue weighted by molar-refractivity contribution is 1.24. The van der Waals surface area contributed by atoms with E-state index < -0.39 is 0 Å². The first kappa shape index (κ1) is 11.6. The molecule has 0 unspecified atom stereocenters. The van der Waals surface area contributed by atoms with Crippen LogP contribution in [0.15, 0.2) is 66.7 Å². The molecule has 0 aliphatic carbocycles. The second-order valence-corrected chi connectivity index (χ2v) is 6.47. The molecule has 0 radical (unpaired) electrons. The Morgan fingerprint density at radius 1 is 0.833 bits per heavy atom. The summed E-state index contributed by atoms with van der Waals surface area (Å²) in [5.74, 6) is 0. The van der Waals surface area contributed by atoms with Gasteiger partial charge in [-0.15, -0.1) is 0 Å². The molecule has 1 heterocycles. The van der Waals surface area contributed by atoms with Crippen LogP contribution in [0.4, 0.5) is 0 Å². The molecule has 0 aliphatic rings. The van der Waals surface area contributed by atoms with Crippen LogP contribution in [0.25, 0.3) is 10.4 Å². The first-order valence-corrected chi connectivity index (χ1v) is 8.08. The van der Waals surface area contributed by atoms with Crippen LogP contribution in [0, 0.1) is 0 Å². The molecule has 18 heavy (non-hydrogen) atoms. The highest BCUT2D eigenvalue weighted by molar-refractivity contribution is 7.70. The minimum atomic E-state index is 1.04. The second-order valence-electron chi connectivity index (χ2n) is 4.17. The maximum atomic E-state index is 2.32. The SMILES string of the molecule is c1ccc(Cc2cc(-c3ccccc3)[s+]s2)cc1. The topological polar surface area (TPSA) is 0 Å². The van der Waals surface area contributed by atoms with Gasteiger partial charge in [0, 0.05) is 18.1 Å². The van der Waals surface area contributed by atoms with E-state index in [1.807, 2.05) is 20.7 Å². The van der Waals surface area contributed by atoms with Gasteiger partial charge in [-0.2, -0.15) is 0 Å². The molecule has 3 aromatic rings. The Balaban J connectivity index is 1.82. The van der Waals surface area contributed by atoms with E-state index in [-0.39, 0.29) is 0 Å². The highest BCUT2D eigenvalue weighted by Gasteiger charge is 2.15. The monoisotopic (exact) mass is 269 g/mol. The summed E-state index contributed by atoms with van der Waals surface area (Å²) in [6.45, 7) is 0. The normalized spacial score (nSPS) is 10.4. The minimum Gasteiger partial charge on any atom is -0.0622 e. The van der Waals surface area contributed by atoms with Gasteiger partial charge < -0.3 is 0 Å². The first-order chi connectivity index (χ1) is 8.92. The molecular weight excluding hydrogens is 256 g/mol. The van der Waals surface area contributed by atoms with Crippen molar-refractivity contribution in [2.45, 2.75) is 6.42 Å². The summed E-state index contributed by atoms with van der Waals surface area (Å²) in [5.41, 5.74) is 2.70. The van der Waals surface area contributed by atoms with Gasteiger partial charge >= 0.3 is 10.3 Å². The second kappa shape index (κ2) is 5.42. The molecule has 0 nitrogen and oxygen atoms in total. The van der Waals surface area contributed by atoms with Gasteiger partial charge in [-0.1, -0.05) is 48.5 Å². The minimum absolute atomic E-state index is 1.04. The molecule has 2 heteroatoms. The Morgan fingerprint density at radius 3 is 2.22 bits per heavy atom. The van der Waals surface area contributed by atoms with Crippen LogP contribution in [0.3, 0.4) is 0 Å². The van der Waals surface area contributed by atoms with Crippen LogP contribution in [-0.4, -0.2) is 0 Å². The van der Waals surface area contributed by atoms with Crippen molar-refractivity contribution in [2.75, 3.05) is 0 Å². The number of rotatable bonds is 3. The van der Waals surface area contributed by atoms with Crippen LogP contribution < -0.4 is 0 Å². The maximum Gasteiger partial charge on any atom is 0.300 e. The lowest BCUT2D eigenvalue weighted by Crippen LogP contribution is -1.82. The van der Waals surface area contributed by atoms with Gasteiger partial charge in [0.2, 0.25) is 0 Å². The van der Waals surface area contributed by atoms with Crippen LogP contribution in [0.5, 0.6) is 0 Å². The van der Waals surface area contributed by atoms with Crippen LogP contribution in [-0.2, 0) is 6.42 Å². The van der Waals surface area contributed by atoms with E-state index in [1.54, 1.807) is 0 Å². The Morgan fingerprint density at radius 2 is 1.50 bits per heavy atom. The van der Waals surface area contributed by atoms with E-state index in [0.717, 1.165) is 6.42 Å². The third kappa shape index (κ3) is 2.66. The van der Waals surface area contributed by atoms with Crippen molar-refractivity contribution in [3.8, 4) is 10.4 Å². The van der Waals surface area contributed by atoms with E-state index in [0.29, 0.717) is 0 Å². The molecule has 0 N–H and O–H groups in total. The van der Waals surface area contributed by atoms with Gasteiger partial charge in [-0.25, -0.2) is 0 Å². The zero-order valence-electron chi connectivity index (χ0n) is 9.87. The number of hydrogen-bond acceptors (Lipinski definition) is 1. The molecule has 0 amide bonds. The Bertz CT molecular complexity index is 612. The third-order valence-corrected chi connectivity index (χ3v) is 5.33. The molecule has 3 rings (SSSR count). The summed E-state index contributed by atoms with van der Waals surface area (Å²) in [6.07, 6.45) is 1.04. The summed E-state index contributed by atoms with van der Waals surface area (Å²) in [7, 11) is 3.74. The molecule has 0 saturated heterocycles. The van der Waals surface area contributed by atoms with E-state index in [9.17, 15) is 0 Å². The highest BCUT2D eigenvalue weighted by Crippen LogP contribution is 2.32. The summed E-state index contributed by atoms with van der Waals surface area (Å²) in [6, 6.07) is 23.6. The Labute approximate surface area is 115 Å². The summed E-state index contributed by atoms with van der Waals surface area (Å²) in [4.78, 5) is 2.80. The van der Waals surface area contributed by atoms with Gasteiger partial charge in [-0.3, -0.25) is 0 Å². The van der Waals surface area contributed by atoms with Crippen LogP contribution in [0.2, 0.25) is 0 Å². The van der Waals surface area contributed by atoms with E-state index in [4.69, 9.17) is 0 Å². The fourth-order valence-electron chi connectivity index (χ4n) is 1.90. The Hall–Kier alpha value is -1.51. The highest BCUT2D eigenvalue weighted by atomic mass is 32.9. The molecule has 0 saturated carbocycles. The van der Waals surface area contributed by atoms with Gasteiger partial charge in [0.05, 0.1) is 4.88 Å². The average molecular weight is 269 g/mol. The predicted octanol–water partition coefficient (Wildman–Crippen LogP) is 5.35. The average Bonchev–Trinajstić information content (AvgIpc) is 2.89. The van der Waals surface area contributed by atoms with Crippen LogP contribution in [0.1, 0.15) is 10.4 Å². The Kier molecular flexibility index (Phi) is 3.49. The molecular formula is C16H13S2+. The molecule has 1 aromatic heterocycles. The van der Waals surface area contributed by atoms with Crippen molar-refractivity contribution in [3.63, 3.8) is 0 Å². The van der Waals surface area contributed by atoms with Gasteiger partial charge in [0.25, 0.3) is 4.88 Å². The van der Waals surface area contributed by atoms with Crippen molar-refractivity contribution in [2.24, 2.45) is 0 Å². The smallest absolute Gasteiger partial charge is 0.0622 e. The largest absolute Gasteiger partial charge is 0.300 e. The molecule has 0 bridgehead atoms. The van der Waals surface area contributed by atoms with Crippen molar-refractivity contribution < 1.29 is 0 Å². The van der Waals surface area contributed by atoms with Crippen molar-refractivity contribution in [3.05, 3.63) is 77.2 Å². The molecule has 2 aromatic carbocycles. The molecule has 88 valence electrons. The van der Waals surface area contributed by atoms with Crippen molar-refractivity contribution in [1.82, 2.24) is 0 Å². The van der Waals surface area contributed by atoms with E-state index in [1.165, 1.54) is 20.9 Å². The fourth-order valence-corrected chi connectivity index (χ4v) is 4.33. The zero-order chi connectivity index (χ0) is 12.2. The van der Waals surface area contributed by atoms with Gasteiger partial charge in [-0.05, 0) is 17.7 Å². The zero-order valence-corrected chi connectivity index (χ0v) is 11.5. The fraction of sp³-hybridized carbons (Fsp3) is 0.0625. The van der Waals surface area contributed by atoms with Gasteiger partial charge in [0.15, 0.2) is 10.3 Å². The molecule has 0 spiro atoms. The van der Waals surface area contributed by atoms with Crippen LogP contribution >= 0.6 is 20.7 Å². The van der Waals surface area contributed by atoms with Crippen molar-refractivity contribution >= 4 is 20.7 Å². The third-order valence-electron chi connectivity index (χ3n) is 2.81. The number of hydrogen-bond donors (Lipinski definition) is 0. The summed E-state index contributed by atoms with van der Waals surface area (Å²) >= 11 is 0. The quantitative estimate of drug-likeness (QED) is 0.444. The lowest BCUT2D eigenvalue weighted by atomic mass is 10.1. The maximum absolute atomic E-state index is 2.32. The standard InChI is InChI=1S/C16H13S2/c1-3-7-13(8-4-1)11-15-12-16(18-17-15)14-9-5-2-6-10-14/h1-10,12H,11H2/q+1. The molecule has 0 aliphatic heterocycles. The van der Waals surface area contributed by atoms with E-state index in [2.05, 4.69) is 66.7 Å². The molecule has 0 fully saturated rings. The molecule has 0 atom stereocenters. The summed E-state index contributed by atoms with van der Waals surface area (Å²) in [5, 5.41) is 0. The van der Waals surface area contributed by atoms with Gasteiger partial charge in [0.1, 0.15) is 0 Å². The lowest BCUT2D eigenvalue weighted by Gasteiger charge is -1.94. The van der Waals surface area contributed by atoms with E-state index >= 15 is 0 Å². The number of benzene rings is 2.